The van der Waals surface area contributed by atoms with Crippen LogP contribution in [0.15, 0.2) is 12.3 Å². The maximum atomic E-state index is 12.7. The van der Waals surface area contributed by atoms with Gasteiger partial charge < -0.3 is 9.64 Å². The predicted octanol–water partition coefficient (Wildman–Crippen LogP) is 2.04. The highest BCUT2D eigenvalue weighted by Gasteiger charge is 2.39. The van der Waals surface area contributed by atoms with Gasteiger partial charge in [-0.3, -0.25) is 14.9 Å². The minimum absolute atomic E-state index is 0.00774. The van der Waals surface area contributed by atoms with Crippen LogP contribution in [0.2, 0.25) is 5.15 Å². The number of pyridine rings is 1. The van der Waals surface area contributed by atoms with Gasteiger partial charge in [-0.25, -0.2) is 4.98 Å². The number of nitro groups is 1. The second kappa shape index (κ2) is 5.57. The molecule has 2 heterocycles. The third-order valence-electron chi connectivity index (χ3n) is 4.01. The number of nitrogens with zero attached hydrogens (tertiary/aromatic N) is 3. The van der Waals surface area contributed by atoms with Crippen LogP contribution in [0.25, 0.3) is 0 Å². The van der Waals surface area contributed by atoms with Gasteiger partial charge in [-0.2, -0.15) is 0 Å². The van der Waals surface area contributed by atoms with E-state index in [1.54, 1.807) is 4.90 Å². The monoisotopic (exact) mass is 311 g/mol. The van der Waals surface area contributed by atoms with E-state index in [2.05, 4.69) is 4.98 Å². The van der Waals surface area contributed by atoms with E-state index in [0.717, 1.165) is 25.5 Å². The lowest BCUT2D eigenvalue weighted by molar-refractivity contribution is -0.385. The zero-order chi connectivity index (χ0) is 15.0. The summed E-state index contributed by atoms with van der Waals surface area (Å²) < 4.78 is 5.66. The summed E-state index contributed by atoms with van der Waals surface area (Å²) in [5.41, 5.74) is -0.155. The fraction of sp³-hybridized carbons (Fsp3) is 0.538. The summed E-state index contributed by atoms with van der Waals surface area (Å²) in [7, 11) is 0. The number of fused-ring (bicyclic) bond motifs is 1. The quantitative estimate of drug-likeness (QED) is 0.474. The predicted molar refractivity (Wildman–Crippen MR) is 74.3 cm³/mol. The molecule has 2 fully saturated rings. The van der Waals surface area contributed by atoms with Crippen LogP contribution in [0.1, 0.15) is 29.6 Å². The van der Waals surface area contributed by atoms with Crippen LogP contribution in [0.3, 0.4) is 0 Å². The third-order valence-corrected chi connectivity index (χ3v) is 4.31. The van der Waals surface area contributed by atoms with E-state index in [-0.39, 0.29) is 34.5 Å². The Morgan fingerprint density at radius 2 is 2.33 bits per heavy atom. The lowest BCUT2D eigenvalue weighted by Crippen LogP contribution is -2.51. The van der Waals surface area contributed by atoms with E-state index in [1.807, 2.05) is 0 Å². The van der Waals surface area contributed by atoms with Gasteiger partial charge >= 0.3 is 0 Å². The fourth-order valence-corrected chi connectivity index (χ4v) is 3.20. The SMILES string of the molecule is O=C(c1cc([N+](=O)[O-])cnc1Cl)N1CCOC2CCCC21. The van der Waals surface area contributed by atoms with Crippen LogP contribution in [0.4, 0.5) is 5.69 Å². The summed E-state index contributed by atoms with van der Waals surface area (Å²) in [5, 5.41) is 10.8. The maximum absolute atomic E-state index is 12.7. The molecule has 1 saturated heterocycles. The molecule has 0 radical (unpaired) electrons. The van der Waals surface area contributed by atoms with E-state index in [4.69, 9.17) is 16.3 Å². The Labute approximate surface area is 126 Å². The summed E-state index contributed by atoms with van der Waals surface area (Å²) in [4.78, 5) is 28.4. The minimum atomic E-state index is -0.586. The molecule has 1 saturated carbocycles. The zero-order valence-electron chi connectivity index (χ0n) is 11.2. The second-order valence-electron chi connectivity index (χ2n) is 5.20. The van der Waals surface area contributed by atoms with Crippen LogP contribution < -0.4 is 0 Å². The van der Waals surface area contributed by atoms with Crippen molar-refractivity contribution >= 4 is 23.2 Å². The van der Waals surface area contributed by atoms with Crippen molar-refractivity contribution in [3.63, 3.8) is 0 Å². The summed E-state index contributed by atoms with van der Waals surface area (Å²) >= 11 is 5.95. The number of amides is 1. The van der Waals surface area contributed by atoms with Crippen LogP contribution in [-0.4, -0.2) is 46.0 Å². The average Bonchev–Trinajstić information content (AvgIpc) is 2.95. The summed E-state index contributed by atoms with van der Waals surface area (Å²) in [6.45, 7) is 0.950. The van der Waals surface area contributed by atoms with E-state index < -0.39 is 4.92 Å². The summed E-state index contributed by atoms with van der Waals surface area (Å²) in [6.07, 6.45) is 3.95. The van der Waals surface area contributed by atoms with E-state index >= 15 is 0 Å². The molecule has 8 heteroatoms. The van der Waals surface area contributed by atoms with Crippen molar-refractivity contribution in [1.82, 2.24) is 9.88 Å². The van der Waals surface area contributed by atoms with Crippen LogP contribution >= 0.6 is 11.6 Å². The highest BCUT2D eigenvalue weighted by Crippen LogP contribution is 2.31. The topological polar surface area (TPSA) is 85.6 Å². The Kier molecular flexibility index (Phi) is 3.77. The molecule has 2 atom stereocenters. The molecular weight excluding hydrogens is 298 g/mol. The molecular formula is C13H14ClN3O4. The third kappa shape index (κ3) is 2.58. The van der Waals surface area contributed by atoms with Gasteiger partial charge in [0.2, 0.25) is 0 Å². The van der Waals surface area contributed by atoms with Gasteiger partial charge in [-0.05, 0) is 19.3 Å². The first-order chi connectivity index (χ1) is 10.1. The van der Waals surface area contributed by atoms with E-state index in [0.29, 0.717) is 13.2 Å². The molecule has 1 aromatic heterocycles. The maximum Gasteiger partial charge on any atom is 0.288 e. The molecule has 0 aromatic carbocycles. The Morgan fingerprint density at radius 1 is 1.52 bits per heavy atom. The molecule has 2 unspecified atom stereocenters. The molecule has 1 aliphatic carbocycles. The Balaban J connectivity index is 1.90. The fourth-order valence-electron chi connectivity index (χ4n) is 3.02. The largest absolute Gasteiger partial charge is 0.374 e. The van der Waals surface area contributed by atoms with Crippen molar-refractivity contribution in [3.8, 4) is 0 Å². The molecule has 0 bridgehead atoms. The van der Waals surface area contributed by atoms with E-state index in [1.165, 1.54) is 6.07 Å². The molecule has 7 nitrogen and oxygen atoms in total. The van der Waals surface area contributed by atoms with Crippen molar-refractivity contribution in [1.29, 1.82) is 0 Å². The number of ether oxygens (including phenoxy) is 1. The normalized spacial score (nSPS) is 24.7. The lowest BCUT2D eigenvalue weighted by atomic mass is 10.1. The highest BCUT2D eigenvalue weighted by atomic mass is 35.5. The number of hydrogen-bond donors (Lipinski definition) is 0. The Morgan fingerprint density at radius 3 is 3.10 bits per heavy atom. The van der Waals surface area contributed by atoms with Crippen molar-refractivity contribution in [3.05, 3.63) is 33.1 Å². The molecule has 21 heavy (non-hydrogen) atoms. The van der Waals surface area contributed by atoms with Gasteiger partial charge in [0.15, 0.2) is 0 Å². The number of halogens is 1. The molecule has 112 valence electrons. The first-order valence-electron chi connectivity index (χ1n) is 6.80. The van der Waals surface area contributed by atoms with Gasteiger partial charge in [0, 0.05) is 12.6 Å². The Bertz CT molecular complexity index is 595. The zero-order valence-corrected chi connectivity index (χ0v) is 12.0. The summed E-state index contributed by atoms with van der Waals surface area (Å²) in [6, 6.07) is 1.22. The minimum Gasteiger partial charge on any atom is -0.374 e. The first kappa shape index (κ1) is 14.2. The van der Waals surface area contributed by atoms with Crippen molar-refractivity contribution in [2.75, 3.05) is 13.2 Å². The number of hydrogen-bond acceptors (Lipinski definition) is 5. The lowest BCUT2D eigenvalue weighted by Gasteiger charge is -2.37. The molecule has 0 spiro atoms. The Hall–Kier alpha value is -1.73. The van der Waals surface area contributed by atoms with Gasteiger partial charge in [0.25, 0.3) is 11.6 Å². The average molecular weight is 312 g/mol. The van der Waals surface area contributed by atoms with Crippen molar-refractivity contribution in [2.24, 2.45) is 0 Å². The molecule has 1 amide bonds. The standard InChI is InChI=1S/C13H14ClN3O4/c14-12-9(6-8(7-15-12)17(19)20)13(18)16-4-5-21-11-3-1-2-10(11)16/h6-7,10-11H,1-5H2. The molecule has 1 aromatic rings. The van der Waals surface area contributed by atoms with Crippen molar-refractivity contribution < 1.29 is 14.5 Å². The number of morpholine rings is 1. The van der Waals surface area contributed by atoms with Crippen LogP contribution in [0, 0.1) is 10.1 Å². The molecule has 3 rings (SSSR count). The number of aromatic nitrogens is 1. The van der Waals surface area contributed by atoms with Crippen LogP contribution in [0.5, 0.6) is 0 Å². The molecule has 2 aliphatic rings. The smallest absolute Gasteiger partial charge is 0.288 e. The van der Waals surface area contributed by atoms with Crippen LogP contribution in [-0.2, 0) is 4.74 Å². The number of carbonyl (C=O) groups is 1. The first-order valence-corrected chi connectivity index (χ1v) is 7.18. The number of rotatable bonds is 2. The molecule has 0 N–H and O–H groups in total. The number of carbonyl (C=O) groups excluding carboxylic acids is 1. The summed E-state index contributed by atoms with van der Waals surface area (Å²) in [5.74, 6) is -0.309. The van der Waals surface area contributed by atoms with Gasteiger partial charge in [-0.1, -0.05) is 11.6 Å². The van der Waals surface area contributed by atoms with Gasteiger partial charge in [0.1, 0.15) is 11.3 Å². The van der Waals surface area contributed by atoms with E-state index in [9.17, 15) is 14.9 Å². The van der Waals surface area contributed by atoms with Gasteiger partial charge in [0.05, 0.1) is 29.2 Å². The molecule has 1 aliphatic heterocycles. The van der Waals surface area contributed by atoms with Gasteiger partial charge in [-0.15, -0.1) is 0 Å². The van der Waals surface area contributed by atoms with Crippen molar-refractivity contribution in [2.45, 2.75) is 31.4 Å². The highest BCUT2D eigenvalue weighted by molar-refractivity contribution is 6.32. The second-order valence-corrected chi connectivity index (χ2v) is 5.55.